The molecule has 1 N–H and O–H groups in total. The normalized spacial score (nSPS) is 14.1. The fourth-order valence-electron chi connectivity index (χ4n) is 3.33. The molecule has 1 atom stereocenters. The molecule has 0 radical (unpaired) electrons. The Morgan fingerprint density at radius 3 is 1.75 bits per heavy atom. The van der Waals surface area contributed by atoms with Gasteiger partial charge in [0.25, 0.3) is 5.91 Å². The van der Waals surface area contributed by atoms with Crippen LogP contribution in [0.15, 0.2) is 12.7 Å². The lowest BCUT2D eigenvalue weighted by atomic mass is 9.82. The number of quaternary nitrogens is 1. The van der Waals surface area contributed by atoms with E-state index < -0.39 is 0 Å². The van der Waals surface area contributed by atoms with Crippen molar-refractivity contribution in [2.45, 2.75) is 71.8 Å². The molecule has 0 aromatic carbocycles. The molecule has 0 saturated heterocycles. The van der Waals surface area contributed by atoms with Crippen LogP contribution in [-0.4, -0.2) is 29.6 Å². The second-order valence-electron chi connectivity index (χ2n) is 5.66. The van der Waals surface area contributed by atoms with Gasteiger partial charge in [-0.1, -0.05) is 46.6 Å². The second-order valence-corrected chi connectivity index (χ2v) is 5.66. The van der Waals surface area contributed by atoms with Gasteiger partial charge in [-0.05, 0) is 6.92 Å². The predicted molar refractivity (Wildman–Crippen MR) is 82.5 cm³/mol. The molecule has 0 spiro atoms. The second kappa shape index (κ2) is 10.2. The largest absolute Gasteiger partial charge is 1.00 e. The molecule has 0 aromatic rings. The van der Waals surface area contributed by atoms with Gasteiger partial charge in [0.1, 0.15) is 5.54 Å². The third-order valence-corrected chi connectivity index (χ3v) is 4.37. The number of carbonyl (C=O) groups is 1. The van der Waals surface area contributed by atoms with Crippen molar-refractivity contribution in [2.24, 2.45) is 0 Å². The summed E-state index contributed by atoms with van der Waals surface area (Å²) in [5, 5.41) is 0. The third-order valence-electron chi connectivity index (χ3n) is 4.37. The van der Waals surface area contributed by atoms with Gasteiger partial charge in [-0.3, -0.25) is 4.79 Å². The molecule has 0 saturated carbocycles. The molecule has 120 valence electrons. The predicted octanol–water partition coefficient (Wildman–Crippen LogP) is 0.813. The van der Waals surface area contributed by atoms with Gasteiger partial charge in [0.2, 0.25) is 0 Å². The van der Waals surface area contributed by atoms with Gasteiger partial charge in [-0.25, -0.2) is 4.59 Å². The first-order valence-electron chi connectivity index (χ1n) is 7.75. The van der Waals surface area contributed by atoms with Crippen LogP contribution in [0.25, 0.3) is 0 Å². The zero-order chi connectivity index (χ0) is 14.9. The fourth-order valence-corrected chi connectivity index (χ4v) is 3.33. The van der Waals surface area contributed by atoms with Crippen LogP contribution in [-0.2, 0) is 4.79 Å². The molecule has 0 aliphatic carbocycles. The monoisotopic (exact) mass is 304 g/mol. The van der Waals surface area contributed by atoms with Crippen LogP contribution in [0.3, 0.4) is 0 Å². The number of halogens is 1. The summed E-state index contributed by atoms with van der Waals surface area (Å²) in [5.74, 6) is -0.0722. The molecule has 20 heavy (non-hydrogen) atoms. The van der Waals surface area contributed by atoms with E-state index in [0.717, 1.165) is 45.1 Å². The van der Waals surface area contributed by atoms with Gasteiger partial charge in [0.05, 0.1) is 13.6 Å². The van der Waals surface area contributed by atoms with E-state index in [-0.39, 0.29) is 23.9 Å². The minimum atomic E-state index is -0.0722. The maximum absolute atomic E-state index is 11.8. The van der Waals surface area contributed by atoms with Gasteiger partial charge in [-0.15, -0.1) is 0 Å². The van der Waals surface area contributed by atoms with Crippen molar-refractivity contribution < 1.29 is 21.8 Å². The van der Waals surface area contributed by atoms with Crippen molar-refractivity contribution >= 4 is 5.91 Å². The summed E-state index contributed by atoms with van der Waals surface area (Å²) in [5.41, 5.74) is 3.31. The van der Waals surface area contributed by atoms with Gasteiger partial charge in [0, 0.05) is 25.3 Å². The van der Waals surface area contributed by atoms with Crippen LogP contribution in [0.5, 0.6) is 0 Å². The Balaban J connectivity index is 0. The summed E-state index contributed by atoms with van der Waals surface area (Å²) in [4.78, 5) is 11.8. The quantitative estimate of drug-likeness (QED) is 0.361. The Bertz CT molecular complexity index is 277. The Hall–Kier alpha value is -0.540. The van der Waals surface area contributed by atoms with Crippen molar-refractivity contribution in [2.75, 3.05) is 13.6 Å². The topological polar surface area (TPSA) is 29.1 Å². The summed E-state index contributed by atoms with van der Waals surface area (Å²) in [7, 11) is 2.16. The Morgan fingerprint density at radius 2 is 1.50 bits per heavy atom. The first-order valence-corrected chi connectivity index (χ1v) is 7.75. The highest BCUT2D eigenvalue weighted by molar-refractivity contribution is 5.85. The van der Waals surface area contributed by atoms with E-state index in [2.05, 4.69) is 46.7 Å². The molecular formula is C16H33ClN2O. The van der Waals surface area contributed by atoms with Crippen LogP contribution in [0.2, 0.25) is 0 Å². The molecule has 0 heterocycles. The lowest BCUT2D eigenvalue weighted by molar-refractivity contribution is -0.991. The number of amides is 1. The highest BCUT2D eigenvalue weighted by Crippen LogP contribution is 2.35. The SMILES string of the molecule is C=CC(=O)N[N+](C)(CC)C(CCC)(CCC)CCC.[Cl-]. The maximum Gasteiger partial charge on any atom is 0.288 e. The maximum atomic E-state index is 11.8. The Morgan fingerprint density at radius 1 is 1.10 bits per heavy atom. The number of hydrogen-bond acceptors (Lipinski definition) is 1. The lowest BCUT2D eigenvalue weighted by Crippen LogP contribution is -3.00. The van der Waals surface area contributed by atoms with Gasteiger partial charge in [-0.2, -0.15) is 5.43 Å². The molecule has 0 aliphatic rings. The summed E-state index contributed by atoms with van der Waals surface area (Å²) >= 11 is 0. The summed E-state index contributed by atoms with van der Waals surface area (Å²) in [6.07, 6.45) is 8.28. The molecule has 3 nitrogen and oxygen atoms in total. The average Bonchev–Trinajstić information content (AvgIpc) is 2.39. The summed E-state index contributed by atoms with van der Waals surface area (Å²) in [6, 6.07) is 0. The van der Waals surface area contributed by atoms with Crippen molar-refractivity contribution in [1.82, 2.24) is 5.43 Å². The number of nitrogens with zero attached hydrogens (tertiary/aromatic N) is 1. The van der Waals surface area contributed by atoms with Crippen LogP contribution in [0.1, 0.15) is 66.2 Å². The standard InChI is InChI=1S/C16H32N2O.ClH/c1-7-12-16(13-8-2,14-9-3)18(6,11-5)17-15(19)10-4;/h10H,4,7-9,11-14H2,1-3,5-6H3;1H. The smallest absolute Gasteiger partial charge is 0.288 e. The van der Waals surface area contributed by atoms with E-state index in [9.17, 15) is 4.79 Å². The summed E-state index contributed by atoms with van der Waals surface area (Å²) < 4.78 is 0.618. The number of hydrogen-bond donors (Lipinski definition) is 1. The molecule has 0 aliphatic heterocycles. The Labute approximate surface area is 131 Å². The van der Waals surface area contributed by atoms with Crippen molar-refractivity contribution in [3.63, 3.8) is 0 Å². The van der Waals surface area contributed by atoms with Gasteiger partial charge >= 0.3 is 0 Å². The van der Waals surface area contributed by atoms with E-state index in [1.165, 1.54) is 6.08 Å². The van der Waals surface area contributed by atoms with Gasteiger partial charge < -0.3 is 12.4 Å². The molecular weight excluding hydrogens is 272 g/mol. The fraction of sp³-hybridized carbons (Fsp3) is 0.812. The summed E-state index contributed by atoms with van der Waals surface area (Å²) in [6.45, 7) is 13.3. The van der Waals surface area contributed by atoms with E-state index in [4.69, 9.17) is 0 Å². The van der Waals surface area contributed by atoms with Crippen LogP contribution in [0.4, 0.5) is 0 Å². The number of nitrogens with one attached hydrogen (secondary N) is 1. The number of carbonyl (C=O) groups excluding carboxylic acids is 1. The lowest BCUT2D eigenvalue weighted by Gasteiger charge is -2.50. The molecule has 0 aromatic heterocycles. The van der Waals surface area contributed by atoms with E-state index in [0.29, 0.717) is 4.59 Å². The third kappa shape index (κ3) is 5.10. The first-order chi connectivity index (χ1) is 8.95. The molecule has 0 rings (SSSR count). The van der Waals surface area contributed by atoms with Crippen LogP contribution >= 0.6 is 0 Å². The molecule has 4 heteroatoms. The van der Waals surface area contributed by atoms with Crippen molar-refractivity contribution in [3.05, 3.63) is 12.7 Å². The van der Waals surface area contributed by atoms with Crippen LogP contribution < -0.4 is 17.8 Å². The highest BCUT2D eigenvalue weighted by Gasteiger charge is 2.46. The van der Waals surface area contributed by atoms with Crippen LogP contribution in [0, 0.1) is 0 Å². The van der Waals surface area contributed by atoms with E-state index in [1.54, 1.807) is 0 Å². The minimum absolute atomic E-state index is 0. The first kappa shape index (κ1) is 21.8. The minimum Gasteiger partial charge on any atom is -1.00 e. The van der Waals surface area contributed by atoms with Crippen molar-refractivity contribution in [3.8, 4) is 0 Å². The average molecular weight is 305 g/mol. The van der Waals surface area contributed by atoms with Crippen molar-refractivity contribution in [1.29, 1.82) is 0 Å². The Kier molecular flexibility index (Phi) is 11.1. The van der Waals surface area contributed by atoms with Gasteiger partial charge in [0.15, 0.2) is 0 Å². The molecule has 1 amide bonds. The van der Waals surface area contributed by atoms with E-state index >= 15 is 0 Å². The highest BCUT2D eigenvalue weighted by atomic mass is 35.5. The molecule has 0 fully saturated rings. The molecule has 0 bridgehead atoms. The number of rotatable bonds is 10. The molecule has 1 unspecified atom stereocenters. The van der Waals surface area contributed by atoms with E-state index in [1.807, 2.05) is 0 Å². The zero-order valence-electron chi connectivity index (χ0n) is 14.0. The zero-order valence-corrected chi connectivity index (χ0v) is 14.7.